The van der Waals surface area contributed by atoms with Gasteiger partial charge in [0.1, 0.15) is 0 Å². The van der Waals surface area contributed by atoms with E-state index in [0.29, 0.717) is 5.56 Å². The molecule has 0 unspecified atom stereocenters. The van der Waals surface area contributed by atoms with Crippen LogP contribution in [-0.4, -0.2) is 17.6 Å². The Labute approximate surface area is 126 Å². The SMILES string of the molecule is Cc1ccc(Br)c(C(=O)N[C@H](CO)c2ccccc2)c1. The maximum atomic E-state index is 12.3. The second-order valence-electron chi connectivity index (χ2n) is 4.60. The summed E-state index contributed by atoms with van der Waals surface area (Å²) in [5.74, 6) is -0.205. The highest BCUT2D eigenvalue weighted by atomic mass is 79.9. The smallest absolute Gasteiger partial charge is 0.252 e. The van der Waals surface area contributed by atoms with Gasteiger partial charge in [-0.2, -0.15) is 0 Å². The summed E-state index contributed by atoms with van der Waals surface area (Å²) >= 11 is 3.38. The van der Waals surface area contributed by atoms with Crippen molar-refractivity contribution < 1.29 is 9.90 Å². The van der Waals surface area contributed by atoms with Crippen LogP contribution in [0.3, 0.4) is 0 Å². The Kier molecular flexibility index (Phi) is 4.93. The van der Waals surface area contributed by atoms with Crippen LogP contribution in [0.25, 0.3) is 0 Å². The lowest BCUT2D eigenvalue weighted by atomic mass is 10.1. The van der Waals surface area contributed by atoms with Crippen molar-refractivity contribution in [1.82, 2.24) is 5.32 Å². The predicted octanol–water partition coefficient (Wildman–Crippen LogP) is 3.22. The summed E-state index contributed by atoms with van der Waals surface area (Å²) in [5, 5.41) is 12.3. The van der Waals surface area contributed by atoms with E-state index in [2.05, 4.69) is 21.2 Å². The van der Waals surface area contributed by atoms with Crippen LogP contribution >= 0.6 is 15.9 Å². The number of hydrogen-bond donors (Lipinski definition) is 2. The van der Waals surface area contributed by atoms with Crippen molar-refractivity contribution in [2.24, 2.45) is 0 Å². The fraction of sp³-hybridized carbons (Fsp3) is 0.188. The molecule has 1 atom stereocenters. The van der Waals surface area contributed by atoms with Gasteiger partial charge in [0.25, 0.3) is 5.91 Å². The number of aliphatic hydroxyl groups excluding tert-OH is 1. The van der Waals surface area contributed by atoms with Crippen molar-refractivity contribution >= 4 is 21.8 Å². The second-order valence-corrected chi connectivity index (χ2v) is 5.46. The number of amides is 1. The molecule has 0 bridgehead atoms. The molecule has 3 nitrogen and oxygen atoms in total. The number of nitrogens with one attached hydrogen (secondary N) is 1. The van der Waals surface area contributed by atoms with E-state index in [-0.39, 0.29) is 12.5 Å². The molecule has 0 saturated carbocycles. The average Bonchev–Trinajstić information content (AvgIpc) is 2.48. The number of aliphatic hydroxyl groups is 1. The second kappa shape index (κ2) is 6.68. The van der Waals surface area contributed by atoms with Gasteiger partial charge >= 0.3 is 0 Å². The highest BCUT2D eigenvalue weighted by molar-refractivity contribution is 9.10. The third-order valence-corrected chi connectivity index (χ3v) is 3.75. The van der Waals surface area contributed by atoms with Gasteiger partial charge in [-0.1, -0.05) is 42.0 Å². The Bertz CT molecular complexity index is 599. The van der Waals surface area contributed by atoms with E-state index in [9.17, 15) is 9.90 Å². The van der Waals surface area contributed by atoms with E-state index in [4.69, 9.17) is 0 Å². The monoisotopic (exact) mass is 333 g/mol. The summed E-state index contributed by atoms with van der Waals surface area (Å²) in [5.41, 5.74) is 2.46. The van der Waals surface area contributed by atoms with Crippen LogP contribution < -0.4 is 5.32 Å². The summed E-state index contributed by atoms with van der Waals surface area (Å²) in [7, 11) is 0. The van der Waals surface area contributed by atoms with Gasteiger partial charge in [0, 0.05) is 4.47 Å². The predicted molar refractivity (Wildman–Crippen MR) is 82.6 cm³/mol. The van der Waals surface area contributed by atoms with E-state index < -0.39 is 6.04 Å². The van der Waals surface area contributed by atoms with Gasteiger partial charge < -0.3 is 10.4 Å². The normalized spacial score (nSPS) is 11.9. The highest BCUT2D eigenvalue weighted by Crippen LogP contribution is 2.20. The summed E-state index contributed by atoms with van der Waals surface area (Å²) in [4.78, 5) is 12.3. The lowest BCUT2D eigenvalue weighted by molar-refractivity contribution is 0.0915. The first-order valence-corrected chi connectivity index (χ1v) is 7.14. The number of benzene rings is 2. The standard InChI is InChI=1S/C16H16BrNO2/c1-11-7-8-14(17)13(9-11)16(20)18-15(10-19)12-5-3-2-4-6-12/h2-9,15,19H,10H2,1H3,(H,18,20)/t15-/m1/s1. The van der Waals surface area contributed by atoms with Crippen molar-refractivity contribution in [3.05, 3.63) is 69.7 Å². The number of halogens is 1. The topological polar surface area (TPSA) is 49.3 Å². The van der Waals surface area contributed by atoms with Crippen LogP contribution in [0.5, 0.6) is 0 Å². The molecule has 2 aromatic carbocycles. The molecule has 1 amide bonds. The first-order chi connectivity index (χ1) is 9.61. The van der Waals surface area contributed by atoms with Gasteiger partial charge in [-0.05, 0) is 40.5 Å². The highest BCUT2D eigenvalue weighted by Gasteiger charge is 2.16. The molecule has 0 saturated heterocycles. The lowest BCUT2D eigenvalue weighted by Crippen LogP contribution is -2.31. The van der Waals surface area contributed by atoms with Gasteiger partial charge in [0.2, 0.25) is 0 Å². The number of carbonyl (C=O) groups excluding carboxylic acids is 1. The zero-order chi connectivity index (χ0) is 14.5. The van der Waals surface area contributed by atoms with Gasteiger partial charge in [0.15, 0.2) is 0 Å². The maximum Gasteiger partial charge on any atom is 0.252 e. The molecule has 0 spiro atoms. The average molecular weight is 334 g/mol. The van der Waals surface area contributed by atoms with Gasteiger partial charge in [-0.3, -0.25) is 4.79 Å². The quantitative estimate of drug-likeness (QED) is 0.902. The summed E-state index contributed by atoms with van der Waals surface area (Å²) < 4.78 is 0.741. The molecular weight excluding hydrogens is 318 g/mol. The van der Waals surface area contributed by atoms with Crippen molar-refractivity contribution in [3.63, 3.8) is 0 Å². The molecule has 0 aromatic heterocycles. The third kappa shape index (κ3) is 3.46. The van der Waals surface area contributed by atoms with Crippen molar-refractivity contribution in [3.8, 4) is 0 Å². The first-order valence-electron chi connectivity index (χ1n) is 6.34. The van der Waals surface area contributed by atoms with Crippen LogP contribution in [-0.2, 0) is 0 Å². The van der Waals surface area contributed by atoms with Crippen molar-refractivity contribution in [1.29, 1.82) is 0 Å². The van der Waals surface area contributed by atoms with Crippen LogP contribution in [0, 0.1) is 6.92 Å². The molecule has 0 fully saturated rings. The minimum Gasteiger partial charge on any atom is -0.394 e. The Balaban J connectivity index is 2.20. The van der Waals surface area contributed by atoms with Gasteiger partial charge in [0.05, 0.1) is 18.2 Å². The Morgan fingerprint density at radius 3 is 2.60 bits per heavy atom. The summed E-state index contributed by atoms with van der Waals surface area (Å²) in [6, 6.07) is 14.6. The number of carbonyl (C=O) groups is 1. The molecule has 0 aliphatic rings. The molecular formula is C16H16BrNO2. The molecule has 20 heavy (non-hydrogen) atoms. The Hall–Kier alpha value is -1.65. The fourth-order valence-corrected chi connectivity index (χ4v) is 2.40. The largest absolute Gasteiger partial charge is 0.394 e. The van der Waals surface area contributed by atoms with E-state index >= 15 is 0 Å². The molecule has 2 rings (SSSR count). The lowest BCUT2D eigenvalue weighted by Gasteiger charge is -2.17. The molecule has 104 valence electrons. The number of aryl methyl sites for hydroxylation is 1. The molecule has 2 aromatic rings. The molecule has 0 aliphatic heterocycles. The Morgan fingerprint density at radius 2 is 1.95 bits per heavy atom. The molecule has 0 radical (unpaired) electrons. The fourth-order valence-electron chi connectivity index (χ4n) is 1.97. The first kappa shape index (κ1) is 14.8. The zero-order valence-corrected chi connectivity index (χ0v) is 12.7. The number of hydrogen-bond acceptors (Lipinski definition) is 2. The van der Waals surface area contributed by atoms with E-state index in [1.807, 2.05) is 55.5 Å². The van der Waals surface area contributed by atoms with Crippen molar-refractivity contribution in [2.45, 2.75) is 13.0 Å². The van der Waals surface area contributed by atoms with E-state index in [0.717, 1.165) is 15.6 Å². The van der Waals surface area contributed by atoms with Crippen LogP contribution in [0.2, 0.25) is 0 Å². The van der Waals surface area contributed by atoms with Crippen LogP contribution in [0.1, 0.15) is 27.5 Å². The van der Waals surface area contributed by atoms with Crippen molar-refractivity contribution in [2.75, 3.05) is 6.61 Å². The molecule has 0 heterocycles. The van der Waals surface area contributed by atoms with Crippen LogP contribution in [0.15, 0.2) is 53.0 Å². The summed E-state index contributed by atoms with van der Waals surface area (Å²) in [6.07, 6.45) is 0. The zero-order valence-electron chi connectivity index (χ0n) is 11.1. The van der Waals surface area contributed by atoms with Crippen LogP contribution in [0.4, 0.5) is 0 Å². The van der Waals surface area contributed by atoms with Gasteiger partial charge in [-0.15, -0.1) is 0 Å². The molecule has 0 aliphatic carbocycles. The van der Waals surface area contributed by atoms with E-state index in [1.165, 1.54) is 0 Å². The molecule has 4 heteroatoms. The minimum absolute atomic E-state index is 0.140. The maximum absolute atomic E-state index is 12.3. The van der Waals surface area contributed by atoms with Gasteiger partial charge in [-0.25, -0.2) is 0 Å². The third-order valence-electron chi connectivity index (χ3n) is 3.06. The number of rotatable bonds is 4. The summed E-state index contributed by atoms with van der Waals surface area (Å²) in [6.45, 7) is 1.79. The Morgan fingerprint density at radius 1 is 1.25 bits per heavy atom. The molecule has 2 N–H and O–H groups in total. The minimum atomic E-state index is -0.406. The van der Waals surface area contributed by atoms with E-state index in [1.54, 1.807) is 0 Å².